The van der Waals surface area contributed by atoms with Crippen LogP contribution < -0.4 is 16.0 Å². The highest BCUT2D eigenvalue weighted by Gasteiger charge is 2.10. The molecule has 0 aliphatic rings. The maximum absolute atomic E-state index is 4.59. The van der Waals surface area contributed by atoms with Crippen LogP contribution in [0, 0.1) is 0 Å². The van der Waals surface area contributed by atoms with Gasteiger partial charge in [-0.05, 0) is 67.4 Å². The van der Waals surface area contributed by atoms with E-state index >= 15 is 0 Å². The molecule has 3 aromatic rings. The molecule has 0 amide bonds. The molecule has 3 N–H and O–H groups in total. The van der Waals surface area contributed by atoms with Crippen molar-refractivity contribution in [2.45, 2.75) is 46.1 Å². The fourth-order valence-corrected chi connectivity index (χ4v) is 3.82. The molecule has 168 valence electrons. The average molecular weight is 430 g/mol. The molecule has 0 radical (unpaired) electrons. The predicted octanol–water partition coefficient (Wildman–Crippen LogP) is 6.35. The molecule has 0 aliphatic carbocycles. The highest BCUT2D eigenvalue weighted by molar-refractivity contribution is 5.80. The third-order valence-corrected chi connectivity index (χ3v) is 5.61. The smallest absolute Gasteiger partial charge is 0.161 e. The van der Waals surface area contributed by atoms with Crippen molar-refractivity contribution >= 4 is 28.3 Å². The number of imidazole rings is 1. The number of rotatable bonds is 11. The van der Waals surface area contributed by atoms with E-state index in [0.717, 1.165) is 52.4 Å². The van der Waals surface area contributed by atoms with E-state index < -0.39 is 0 Å². The van der Waals surface area contributed by atoms with Gasteiger partial charge in [0, 0.05) is 36.9 Å². The number of aromatic nitrogens is 2. The van der Waals surface area contributed by atoms with Crippen LogP contribution in [0.25, 0.3) is 16.9 Å². The maximum atomic E-state index is 4.59. The number of nitrogens with zero attached hydrogens (tertiary/aromatic N) is 2. The number of allylic oxidation sites excluding steroid dienone is 3. The minimum absolute atomic E-state index is 0.475. The highest BCUT2D eigenvalue weighted by Crippen LogP contribution is 2.26. The number of fused-ring (bicyclic) bond motifs is 1. The fraction of sp³-hybridized carbons (Fsp3) is 0.296. The zero-order chi connectivity index (χ0) is 22.9. The number of benzene rings is 1. The largest absolute Gasteiger partial charge is 0.394 e. The summed E-state index contributed by atoms with van der Waals surface area (Å²) in [6, 6.07) is 13.1. The summed E-state index contributed by atoms with van der Waals surface area (Å²) in [7, 11) is 1.90. The van der Waals surface area contributed by atoms with Gasteiger partial charge in [-0.3, -0.25) is 4.40 Å². The molecule has 0 bridgehead atoms. The molecule has 5 nitrogen and oxygen atoms in total. The van der Waals surface area contributed by atoms with Crippen LogP contribution in [0.15, 0.2) is 73.7 Å². The van der Waals surface area contributed by atoms with Crippen molar-refractivity contribution < 1.29 is 0 Å². The normalized spacial score (nSPS) is 12.8. The maximum Gasteiger partial charge on any atom is 0.161 e. The molecule has 1 atom stereocenters. The second-order valence-electron chi connectivity index (χ2n) is 7.84. The Bertz CT molecular complexity index is 1090. The van der Waals surface area contributed by atoms with Crippen molar-refractivity contribution in [2.24, 2.45) is 0 Å². The molecule has 0 aliphatic heterocycles. The molecule has 2 aromatic heterocycles. The van der Waals surface area contributed by atoms with Crippen LogP contribution in [0.1, 0.15) is 51.3 Å². The summed E-state index contributed by atoms with van der Waals surface area (Å²) < 4.78 is 2.11. The number of pyridine rings is 1. The second kappa shape index (κ2) is 11.2. The van der Waals surface area contributed by atoms with Gasteiger partial charge in [0.05, 0.1) is 11.4 Å². The lowest BCUT2D eigenvalue weighted by molar-refractivity contribution is 0.529. The summed E-state index contributed by atoms with van der Waals surface area (Å²) in [4.78, 5) is 4.59. The summed E-state index contributed by atoms with van der Waals surface area (Å²) in [6.45, 7) is 10.7. The summed E-state index contributed by atoms with van der Waals surface area (Å²) in [5.74, 6) is 0. The summed E-state index contributed by atoms with van der Waals surface area (Å²) >= 11 is 0. The zero-order valence-electron chi connectivity index (χ0n) is 19.7. The summed E-state index contributed by atoms with van der Waals surface area (Å²) in [6.07, 6.45) is 13.3. The van der Waals surface area contributed by atoms with Gasteiger partial charge in [-0.15, -0.1) is 0 Å². The molecule has 0 fully saturated rings. The van der Waals surface area contributed by atoms with Crippen molar-refractivity contribution in [3.8, 4) is 0 Å². The van der Waals surface area contributed by atoms with E-state index in [0.29, 0.717) is 6.04 Å². The Morgan fingerprint density at radius 3 is 2.59 bits per heavy atom. The number of nitrogens with one attached hydrogen (secondary N) is 3. The molecule has 32 heavy (non-hydrogen) atoms. The summed E-state index contributed by atoms with van der Waals surface area (Å²) in [5, 5.41) is 10.1. The topological polar surface area (TPSA) is 53.4 Å². The van der Waals surface area contributed by atoms with Crippen LogP contribution in [0.3, 0.4) is 0 Å². The zero-order valence-corrected chi connectivity index (χ0v) is 19.7. The number of anilines is 2. The molecule has 0 saturated heterocycles. The third kappa shape index (κ3) is 5.41. The van der Waals surface area contributed by atoms with Crippen LogP contribution in [0.2, 0.25) is 0 Å². The van der Waals surface area contributed by atoms with Crippen molar-refractivity contribution in [3.63, 3.8) is 0 Å². The summed E-state index contributed by atoms with van der Waals surface area (Å²) in [5.41, 5.74) is 7.17. The molecule has 0 spiro atoms. The van der Waals surface area contributed by atoms with E-state index in [1.807, 2.05) is 32.6 Å². The van der Waals surface area contributed by atoms with Crippen molar-refractivity contribution in [1.82, 2.24) is 20.0 Å². The van der Waals surface area contributed by atoms with Crippen LogP contribution in [-0.2, 0) is 0 Å². The van der Waals surface area contributed by atoms with Crippen LogP contribution in [-0.4, -0.2) is 22.5 Å². The van der Waals surface area contributed by atoms with E-state index in [1.54, 1.807) is 0 Å². The average Bonchev–Trinajstić information content (AvgIpc) is 3.31. The van der Waals surface area contributed by atoms with Crippen molar-refractivity contribution in [1.29, 1.82) is 0 Å². The Morgan fingerprint density at radius 2 is 1.94 bits per heavy atom. The van der Waals surface area contributed by atoms with Gasteiger partial charge in [0.1, 0.15) is 0 Å². The molecule has 1 unspecified atom stereocenters. The Hall–Kier alpha value is -3.47. The Labute approximate surface area is 192 Å². The minimum Gasteiger partial charge on any atom is -0.394 e. The SMILES string of the molecule is C=C(NC(CC)CCC)c1ccc(Nc2ccc(C(/C=C\NC)=C/C)n3ccnc23)cc1. The first-order chi connectivity index (χ1) is 15.6. The van der Waals surface area contributed by atoms with E-state index in [4.69, 9.17) is 0 Å². The lowest BCUT2D eigenvalue weighted by atomic mass is 10.1. The van der Waals surface area contributed by atoms with Crippen LogP contribution in [0.4, 0.5) is 11.4 Å². The van der Waals surface area contributed by atoms with Gasteiger partial charge in [0.25, 0.3) is 0 Å². The van der Waals surface area contributed by atoms with Gasteiger partial charge in [0.15, 0.2) is 5.65 Å². The van der Waals surface area contributed by atoms with E-state index in [-0.39, 0.29) is 0 Å². The van der Waals surface area contributed by atoms with Crippen LogP contribution in [0.5, 0.6) is 0 Å². The predicted molar refractivity (Wildman–Crippen MR) is 138 cm³/mol. The van der Waals surface area contributed by atoms with Crippen molar-refractivity contribution in [3.05, 3.63) is 85.0 Å². The van der Waals surface area contributed by atoms with Gasteiger partial charge in [0.2, 0.25) is 0 Å². The Balaban J connectivity index is 1.79. The van der Waals surface area contributed by atoms with Gasteiger partial charge >= 0.3 is 0 Å². The molecule has 0 saturated carbocycles. The first kappa shape index (κ1) is 23.2. The quantitative estimate of drug-likeness (QED) is 0.311. The lowest BCUT2D eigenvalue weighted by Crippen LogP contribution is -2.26. The van der Waals surface area contributed by atoms with E-state index in [9.17, 15) is 0 Å². The Kier molecular flexibility index (Phi) is 8.14. The monoisotopic (exact) mass is 429 g/mol. The van der Waals surface area contributed by atoms with Gasteiger partial charge < -0.3 is 16.0 Å². The lowest BCUT2D eigenvalue weighted by Gasteiger charge is -2.19. The molecular weight excluding hydrogens is 394 g/mol. The van der Waals surface area contributed by atoms with Gasteiger partial charge in [-0.1, -0.05) is 45.1 Å². The molecular formula is C27H35N5. The second-order valence-corrected chi connectivity index (χ2v) is 7.84. The van der Waals surface area contributed by atoms with Gasteiger partial charge in [-0.2, -0.15) is 0 Å². The minimum atomic E-state index is 0.475. The number of hydrogen-bond donors (Lipinski definition) is 3. The fourth-order valence-electron chi connectivity index (χ4n) is 3.82. The standard InChI is InChI=1S/C27H35N5/c1-6-9-23(8-3)30-20(4)22-10-12-24(13-11-22)31-25-14-15-26(21(7-2)16-17-28-5)32-19-18-29-27(25)32/h7,10-19,23,28,30-31H,4,6,8-9H2,1-3,5H3/b17-16-,21-7+. The first-order valence-corrected chi connectivity index (χ1v) is 11.4. The van der Waals surface area contributed by atoms with Crippen molar-refractivity contribution in [2.75, 3.05) is 12.4 Å². The molecule has 5 heteroatoms. The van der Waals surface area contributed by atoms with E-state index in [2.05, 4.69) is 94.3 Å². The molecule has 2 heterocycles. The highest BCUT2D eigenvalue weighted by atomic mass is 15.0. The molecule has 3 rings (SSSR count). The van der Waals surface area contributed by atoms with E-state index in [1.165, 1.54) is 6.42 Å². The molecule has 1 aromatic carbocycles. The van der Waals surface area contributed by atoms with Crippen LogP contribution >= 0.6 is 0 Å². The number of hydrogen-bond acceptors (Lipinski definition) is 4. The van der Waals surface area contributed by atoms with Gasteiger partial charge in [-0.25, -0.2) is 4.98 Å². The first-order valence-electron chi connectivity index (χ1n) is 11.4. The third-order valence-electron chi connectivity index (χ3n) is 5.61. The Morgan fingerprint density at radius 1 is 1.16 bits per heavy atom.